The molecule has 0 spiro atoms. The van der Waals surface area contributed by atoms with Crippen LogP contribution in [-0.2, 0) is 15.5 Å². The topological polar surface area (TPSA) is 108 Å². The second kappa shape index (κ2) is 9.04. The van der Waals surface area contributed by atoms with Gasteiger partial charge >= 0.3 is 5.63 Å². The van der Waals surface area contributed by atoms with Crippen molar-refractivity contribution in [1.29, 1.82) is 0 Å². The molecule has 3 aromatic rings. The molecule has 0 radical (unpaired) electrons. The summed E-state index contributed by atoms with van der Waals surface area (Å²) < 4.78 is 38.9. The molecule has 34 heavy (non-hydrogen) atoms. The van der Waals surface area contributed by atoms with Gasteiger partial charge in [0, 0.05) is 35.6 Å². The third-order valence-corrected chi connectivity index (χ3v) is 6.78. The van der Waals surface area contributed by atoms with Crippen LogP contribution in [0.2, 0.25) is 0 Å². The monoisotopic (exact) mass is 480 g/mol. The lowest BCUT2D eigenvalue weighted by Crippen LogP contribution is -2.28. The van der Waals surface area contributed by atoms with Gasteiger partial charge in [0.1, 0.15) is 17.9 Å². The minimum Gasteiger partial charge on any atom is -0.508 e. The molecule has 1 aromatic heterocycles. The summed E-state index contributed by atoms with van der Waals surface area (Å²) in [6.45, 7) is 4.64. The number of nitrogens with zero attached hydrogens (tertiary/aromatic N) is 1. The van der Waals surface area contributed by atoms with Crippen LogP contribution in [-0.4, -0.2) is 40.7 Å². The summed E-state index contributed by atoms with van der Waals surface area (Å²) in [7, 11) is -4.03. The van der Waals surface area contributed by atoms with Crippen molar-refractivity contribution in [3.63, 3.8) is 0 Å². The number of hydrogen-bond donors (Lipinski definition) is 2. The Morgan fingerprint density at radius 1 is 1.06 bits per heavy atom. The Bertz CT molecular complexity index is 1510. The van der Waals surface area contributed by atoms with Crippen LogP contribution in [0.5, 0.6) is 5.75 Å². The van der Waals surface area contributed by atoms with Crippen LogP contribution in [0, 0.1) is 0 Å². The van der Waals surface area contributed by atoms with Gasteiger partial charge in [-0.2, -0.15) is 13.0 Å². The van der Waals surface area contributed by atoms with Crippen molar-refractivity contribution in [2.45, 2.75) is 25.7 Å². The summed E-state index contributed by atoms with van der Waals surface area (Å²) in [6.07, 6.45) is 7.47. The Labute approximate surface area is 197 Å². The average molecular weight is 481 g/mol. The predicted octanol–water partition coefficient (Wildman–Crippen LogP) is 4.42. The van der Waals surface area contributed by atoms with Gasteiger partial charge in [0.2, 0.25) is 5.69 Å². The van der Waals surface area contributed by atoms with Gasteiger partial charge in [0.25, 0.3) is 10.1 Å². The molecule has 7 nitrogen and oxygen atoms in total. The molecule has 0 saturated carbocycles. The van der Waals surface area contributed by atoms with E-state index in [1.54, 1.807) is 24.3 Å². The Kier molecular flexibility index (Phi) is 6.29. The third-order valence-electron chi connectivity index (χ3n) is 5.97. The third kappa shape index (κ3) is 4.88. The second-order valence-corrected chi connectivity index (χ2v) is 10.3. The SMILES string of the molecule is CC1(C)C(/C=C/C=C/c2cc3ccc(O)cc3oc2=O)=[N+](CCCS(=O)(=O)O)c2ccccc21. The van der Waals surface area contributed by atoms with Crippen LogP contribution in [0.3, 0.4) is 0 Å². The zero-order valence-electron chi connectivity index (χ0n) is 18.9. The van der Waals surface area contributed by atoms with Gasteiger partial charge in [-0.05, 0) is 38.1 Å². The standard InChI is InChI=1S/C26H25NO6S/c1-26(2)21-9-4-5-10-22(21)27(14-7-15-34(30,31)32)24(26)11-6-3-8-19-16-18-12-13-20(28)17-23(18)33-25(19)29/h3-6,8-13,16-17H,7,14-15H2,1-2H3,(H,30,31,32)/p+1. The lowest BCUT2D eigenvalue weighted by molar-refractivity contribution is -0.437. The second-order valence-electron chi connectivity index (χ2n) is 8.75. The van der Waals surface area contributed by atoms with E-state index in [-0.39, 0.29) is 23.3 Å². The van der Waals surface area contributed by atoms with Crippen molar-refractivity contribution < 1.29 is 27.1 Å². The number of para-hydroxylation sites is 1. The van der Waals surface area contributed by atoms with E-state index in [2.05, 4.69) is 24.5 Å². The molecule has 0 amide bonds. The molecule has 0 fully saturated rings. The number of fused-ring (bicyclic) bond motifs is 2. The maximum Gasteiger partial charge on any atom is 0.343 e. The summed E-state index contributed by atoms with van der Waals surface area (Å²) in [6, 6.07) is 14.3. The fraction of sp³-hybridized carbons (Fsp3) is 0.231. The van der Waals surface area contributed by atoms with Crippen molar-refractivity contribution in [1.82, 2.24) is 0 Å². The number of aromatic hydroxyl groups is 1. The Morgan fingerprint density at radius 2 is 1.79 bits per heavy atom. The van der Waals surface area contributed by atoms with E-state index in [9.17, 15) is 18.3 Å². The van der Waals surface area contributed by atoms with Crippen LogP contribution >= 0.6 is 0 Å². The maximum atomic E-state index is 12.3. The fourth-order valence-electron chi connectivity index (χ4n) is 4.32. The van der Waals surface area contributed by atoms with Crippen LogP contribution in [0.15, 0.2) is 76.0 Å². The Hall–Kier alpha value is -3.49. The van der Waals surface area contributed by atoms with Crippen LogP contribution in [0.25, 0.3) is 17.0 Å². The number of phenols is 1. The van der Waals surface area contributed by atoms with Gasteiger partial charge in [0.05, 0.1) is 16.7 Å². The first-order chi connectivity index (χ1) is 16.1. The smallest absolute Gasteiger partial charge is 0.343 e. The summed E-state index contributed by atoms with van der Waals surface area (Å²) in [5, 5.41) is 10.3. The van der Waals surface area contributed by atoms with Crippen molar-refractivity contribution in [2.24, 2.45) is 0 Å². The van der Waals surface area contributed by atoms with Gasteiger partial charge in [-0.1, -0.05) is 30.4 Å². The molecule has 2 heterocycles. The maximum absolute atomic E-state index is 12.3. The largest absolute Gasteiger partial charge is 0.508 e. The van der Waals surface area contributed by atoms with E-state index < -0.39 is 15.7 Å². The number of rotatable bonds is 7. The lowest BCUT2D eigenvalue weighted by atomic mass is 9.81. The zero-order chi connectivity index (χ0) is 24.5. The van der Waals surface area contributed by atoms with E-state index in [4.69, 9.17) is 8.97 Å². The molecule has 0 saturated heterocycles. The molecule has 4 rings (SSSR count). The molecule has 0 unspecified atom stereocenters. The molecular formula is C26H26NO6S+. The molecule has 0 aliphatic carbocycles. The first-order valence-corrected chi connectivity index (χ1v) is 12.5. The molecule has 0 atom stereocenters. The average Bonchev–Trinajstić information content (AvgIpc) is 2.97. The number of hydrogen-bond acceptors (Lipinski definition) is 5. The van der Waals surface area contributed by atoms with E-state index in [0.717, 1.165) is 17.0 Å². The van der Waals surface area contributed by atoms with Crippen molar-refractivity contribution >= 4 is 38.6 Å². The predicted molar refractivity (Wildman–Crippen MR) is 133 cm³/mol. The highest BCUT2D eigenvalue weighted by atomic mass is 32.2. The molecule has 1 aliphatic rings. The number of benzene rings is 2. The lowest BCUT2D eigenvalue weighted by Gasteiger charge is -2.15. The highest BCUT2D eigenvalue weighted by molar-refractivity contribution is 7.85. The van der Waals surface area contributed by atoms with Gasteiger partial charge in [0.15, 0.2) is 5.71 Å². The molecule has 176 valence electrons. The van der Waals surface area contributed by atoms with Crippen LogP contribution in [0.1, 0.15) is 31.4 Å². The van der Waals surface area contributed by atoms with Crippen molar-refractivity contribution in [3.8, 4) is 5.75 Å². The number of phenolic OH excluding ortho intramolecular Hbond substituents is 1. The van der Waals surface area contributed by atoms with E-state index in [0.29, 0.717) is 23.1 Å². The molecule has 8 heteroatoms. The quantitative estimate of drug-likeness (QED) is 0.224. The Balaban J connectivity index is 1.64. The molecule has 1 aliphatic heterocycles. The summed E-state index contributed by atoms with van der Waals surface area (Å²) in [5.41, 5.74) is 2.99. The van der Waals surface area contributed by atoms with Crippen molar-refractivity contribution in [3.05, 3.63) is 88.3 Å². The first-order valence-electron chi connectivity index (χ1n) is 10.9. The summed E-state index contributed by atoms with van der Waals surface area (Å²) in [4.78, 5) is 12.3. The van der Waals surface area contributed by atoms with Crippen LogP contribution < -0.4 is 5.63 Å². The van der Waals surface area contributed by atoms with Crippen LogP contribution in [0.4, 0.5) is 5.69 Å². The normalized spacial score (nSPS) is 15.6. The molecule has 2 aromatic carbocycles. The molecule has 0 bridgehead atoms. The van der Waals surface area contributed by atoms with Gasteiger partial charge in [-0.3, -0.25) is 4.55 Å². The fourth-order valence-corrected chi connectivity index (χ4v) is 4.82. The highest BCUT2D eigenvalue weighted by Crippen LogP contribution is 2.39. The number of allylic oxidation sites excluding steroid dienone is 3. The summed E-state index contributed by atoms with van der Waals surface area (Å²) in [5.74, 6) is -0.279. The summed E-state index contributed by atoms with van der Waals surface area (Å²) >= 11 is 0. The minimum absolute atomic E-state index is 0.0280. The molecule has 2 N–H and O–H groups in total. The van der Waals surface area contributed by atoms with Gasteiger partial charge < -0.3 is 9.52 Å². The highest BCUT2D eigenvalue weighted by Gasteiger charge is 2.43. The zero-order valence-corrected chi connectivity index (χ0v) is 19.7. The van der Waals surface area contributed by atoms with Gasteiger partial charge in [-0.15, -0.1) is 0 Å². The first kappa shape index (κ1) is 23.7. The van der Waals surface area contributed by atoms with Crippen molar-refractivity contribution in [2.75, 3.05) is 12.3 Å². The van der Waals surface area contributed by atoms with E-state index in [1.165, 1.54) is 12.1 Å². The van der Waals surface area contributed by atoms with Gasteiger partial charge in [-0.25, -0.2) is 4.79 Å². The van der Waals surface area contributed by atoms with E-state index in [1.807, 2.05) is 30.4 Å². The Morgan fingerprint density at radius 3 is 2.56 bits per heavy atom. The minimum atomic E-state index is -4.03. The van der Waals surface area contributed by atoms with E-state index >= 15 is 0 Å². The molecular weight excluding hydrogens is 454 g/mol.